The highest BCUT2D eigenvalue weighted by molar-refractivity contribution is 8.14. The van der Waals surface area contributed by atoms with Crippen LogP contribution in [-0.2, 0) is 16.4 Å². The summed E-state index contributed by atoms with van der Waals surface area (Å²) in [5.74, 6) is -0.399. The van der Waals surface area contributed by atoms with Crippen LogP contribution >= 0.6 is 35.0 Å². The Morgan fingerprint density at radius 1 is 1.16 bits per heavy atom. The van der Waals surface area contributed by atoms with Gasteiger partial charge in [0.05, 0.1) is 31.1 Å². The molecule has 1 aliphatic rings. The number of carbonyl (C=O) groups excluding carboxylic acids is 1. The maximum absolute atomic E-state index is 13.0. The van der Waals surface area contributed by atoms with Gasteiger partial charge in [-0.1, -0.05) is 37.0 Å². The summed E-state index contributed by atoms with van der Waals surface area (Å²) < 4.78 is 38.9. The first-order chi connectivity index (χ1) is 14.8. The van der Waals surface area contributed by atoms with Crippen LogP contribution in [0.4, 0.5) is 24.5 Å². The van der Waals surface area contributed by atoms with Crippen molar-refractivity contribution < 1.29 is 22.9 Å². The molecule has 2 aromatic rings. The average molecular weight is 507 g/mol. The number of amidine groups is 1. The molecule has 0 bridgehead atoms. The van der Waals surface area contributed by atoms with E-state index in [-0.39, 0.29) is 26.5 Å². The van der Waals surface area contributed by atoms with E-state index in [4.69, 9.17) is 23.2 Å². The first kappa shape index (κ1) is 24.1. The fraction of sp³-hybridized carbons (Fsp3) is 0.263. The van der Waals surface area contributed by atoms with Gasteiger partial charge in [-0.2, -0.15) is 13.2 Å². The predicted molar refractivity (Wildman–Crippen MR) is 116 cm³/mol. The number of hydrogen-bond donors (Lipinski definition) is 2. The molecule has 0 saturated carbocycles. The molecular formula is C19H15Cl2F3N4O3S. The van der Waals surface area contributed by atoms with Crippen LogP contribution in [0.2, 0.25) is 10.0 Å². The highest BCUT2D eigenvalue weighted by Crippen LogP contribution is 2.41. The van der Waals surface area contributed by atoms with Crippen molar-refractivity contribution in [3.8, 4) is 0 Å². The minimum absolute atomic E-state index is 0.0152. The van der Waals surface area contributed by atoms with E-state index in [1.165, 1.54) is 6.07 Å². The Labute approximate surface area is 194 Å². The number of nitrogens with zero attached hydrogens (tertiary/aromatic N) is 2. The summed E-state index contributed by atoms with van der Waals surface area (Å²) in [4.78, 5) is 27.2. The van der Waals surface area contributed by atoms with Gasteiger partial charge in [0, 0.05) is 17.9 Å². The summed E-state index contributed by atoms with van der Waals surface area (Å²) in [6, 6.07) is 5.23. The molecule has 7 nitrogen and oxygen atoms in total. The molecule has 0 atom stereocenters. The molecule has 1 heterocycles. The lowest BCUT2D eigenvalue weighted by Gasteiger charge is -2.25. The maximum atomic E-state index is 13.0. The number of halogens is 5. The van der Waals surface area contributed by atoms with Crippen LogP contribution in [0, 0.1) is 10.1 Å². The van der Waals surface area contributed by atoms with Gasteiger partial charge < -0.3 is 0 Å². The molecule has 170 valence electrons. The molecule has 13 heteroatoms. The summed E-state index contributed by atoms with van der Waals surface area (Å²) in [5, 5.41) is 11.8. The quantitative estimate of drug-likeness (QED) is 0.384. The number of nitro groups is 1. The maximum Gasteiger partial charge on any atom is 0.416 e. The van der Waals surface area contributed by atoms with E-state index >= 15 is 0 Å². The van der Waals surface area contributed by atoms with Crippen LogP contribution < -0.4 is 10.9 Å². The van der Waals surface area contributed by atoms with Crippen molar-refractivity contribution in [1.29, 1.82) is 0 Å². The number of nitrogens with one attached hydrogen (secondary N) is 2. The van der Waals surface area contributed by atoms with E-state index in [1.54, 1.807) is 6.07 Å². The molecule has 2 N–H and O–H groups in total. The monoisotopic (exact) mass is 506 g/mol. The zero-order valence-electron chi connectivity index (χ0n) is 16.5. The van der Waals surface area contributed by atoms with Crippen LogP contribution in [0.1, 0.15) is 31.4 Å². The Balaban J connectivity index is 2.11. The van der Waals surface area contributed by atoms with E-state index < -0.39 is 33.7 Å². The Bertz CT molecular complexity index is 1140. The zero-order chi connectivity index (χ0) is 23.8. The van der Waals surface area contributed by atoms with Gasteiger partial charge in [0.2, 0.25) is 5.91 Å². The van der Waals surface area contributed by atoms with Crippen molar-refractivity contribution in [2.45, 2.75) is 36.8 Å². The van der Waals surface area contributed by atoms with Crippen molar-refractivity contribution in [2.24, 2.45) is 4.99 Å². The second-order valence-corrected chi connectivity index (χ2v) is 9.32. The molecule has 0 fully saturated rings. The lowest BCUT2D eigenvalue weighted by molar-refractivity contribution is -0.388. The number of benzene rings is 2. The lowest BCUT2D eigenvalue weighted by atomic mass is 9.80. The molecule has 0 spiro atoms. The van der Waals surface area contributed by atoms with Crippen LogP contribution in [-0.4, -0.2) is 16.0 Å². The number of amides is 1. The highest BCUT2D eigenvalue weighted by atomic mass is 35.5. The van der Waals surface area contributed by atoms with Crippen LogP contribution in [0.3, 0.4) is 0 Å². The number of aliphatic imine (C=N–C) groups is 1. The van der Waals surface area contributed by atoms with Gasteiger partial charge in [0.25, 0.3) is 5.69 Å². The second-order valence-electron chi connectivity index (χ2n) is 7.47. The average Bonchev–Trinajstić information content (AvgIpc) is 2.70. The Kier molecular flexibility index (Phi) is 6.64. The number of rotatable bonds is 2. The van der Waals surface area contributed by atoms with E-state index in [0.717, 1.165) is 12.1 Å². The van der Waals surface area contributed by atoms with Crippen LogP contribution in [0.15, 0.2) is 40.2 Å². The molecule has 0 aromatic heterocycles. The summed E-state index contributed by atoms with van der Waals surface area (Å²) in [6.07, 6.45) is -4.69. The largest absolute Gasteiger partial charge is 0.416 e. The van der Waals surface area contributed by atoms with Gasteiger partial charge in [-0.3, -0.25) is 25.8 Å². The highest BCUT2D eigenvalue weighted by Gasteiger charge is 2.34. The summed E-state index contributed by atoms with van der Waals surface area (Å²) in [5.41, 5.74) is 3.37. The second kappa shape index (κ2) is 8.80. The number of hydrazine groups is 1. The summed E-state index contributed by atoms with van der Waals surface area (Å²) >= 11 is 13.0. The van der Waals surface area contributed by atoms with Gasteiger partial charge in [-0.05, 0) is 41.6 Å². The van der Waals surface area contributed by atoms with E-state index in [9.17, 15) is 28.1 Å². The number of carbonyl (C=O) groups is 1. The summed E-state index contributed by atoms with van der Waals surface area (Å²) in [7, 11) is 0. The number of thioether (sulfide) groups is 1. The third-order valence-corrected chi connectivity index (χ3v) is 6.26. The van der Waals surface area contributed by atoms with Gasteiger partial charge in [-0.25, -0.2) is 4.99 Å². The van der Waals surface area contributed by atoms with E-state index in [1.807, 2.05) is 13.8 Å². The molecule has 32 heavy (non-hydrogen) atoms. The third kappa shape index (κ3) is 5.28. The lowest BCUT2D eigenvalue weighted by Crippen LogP contribution is -2.41. The molecule has 0 saturated heterocycles. The first-order valence-corrected chi connectivity index (χ1v) is 10.5. The molecule has 0 unspecified atom stereocenters. The van der Waals surface area contributed by atoms with Crippen molar-refractivity contribution in [1.82, 2.24) is 10.9 Å². The van der Waals surface area contributed by atoms with Crippen molar-refractivity contribution in [3.05, 3.63) is 61.6 Å². The molecule has 2 aromatic carbocycles. The Hall–Kier alpha value is -2.50. The van der Waals surface area contributed by atoms with Crippen molar-refractivity contribution >= 4 is 57.4 Å². The number of fused-ring (bicyclic) bond motifs is 1. The number of hydrogen-bond acceptors (Lipinski definition) is 6. The van der Waals surface area contributed by atoms with Crippen LogP contribution in [0.5, 0.6) is 0 Å². The molecule has 3 rings (SSSR count). The molecule has 0 radical (unpaired) electrons. The minimum Gasteiger partial charge on any atom is -0.276 e. The predicted octanol–water partition coefficient (Wildman–Crippen LogP) is 6.00. The molecule has 1 aliphatic heterocycles. The Morgan fingerprint density at radius 2 is 1.81 bits per heavy atom. The van der Waals surface area contributed by atoms with Crippen LogP contribution in [0.25, 0.3) is 0 Å². The minimum atomic E-state index is -4.74. The topological polar surface area (TPSA) is 96.6 Å². The fourth-order valence-corrected chi connectivity index (χ4v) is 4.20. The molecule has 0 aliphatic carbocycles. The molecular weight excluding hydrogens is 492 g/mol. The third-order valence-electron chi connectivity index (χ3n) is 4.59. The molecule has 1 amide bonds. The standard InChI is InChI=1S/C19H15Cl2F3N4O3S/c1-18(2)8-16(29)26-27-17(25-13-7-12(21)11(20)6-10(13)18)32-15-4-3-9(19(22,23)24)5-14(15)28(30)31/h3-7H,8H2,1-2H3,(H,25,27)(H,26,29). The normalized spacial score (nSPS) is 16.0. The van der Waals surface area contributed by atoms with E-state index in [0.29, 0.717) is 29.1 Å². The van der Waals surface area contributed by atoms with Gasteiger partial charge in [-0.15, -0.1) is 0 Å². The number of nitro benzene ring substituents is 1. The van der Waals surface area contributed by atoms with E-state index in [2.05, 4.69) is 15.8 Å². The van der Waals surface area contributed by atoms with Gasteiger partial charge in [0.15, 0.2) is 5.17 Å². The van der Waals surface area contributed by atoms with Crippen molar-refractivity contribution in [3.63, 3.8) is 0 Å². The smallest absolute Gasteiger partial charge is 0.276 e. The van der Waals surface area contributed by atoms with Gasteiger partial charge in [0.1, 0.15) is 0 Å². The Morgan fingerprint density at radius 3 is 2.44 bits per heavy atom. The first-order valence-electron chi connectivity index (χ1n) is 8.94. The van der Waals surface area contributed by atoms with Crippen molar-refractivity contribution in [2.75, 3.05) is 0 Å². The summed E-state index contributed by atoms with van der Waals surface area (Å²) in [6.45, 7) is 3.62. The number of alkyl halides is 3. The SMILES string of the molecule is CC1(C)CC(=O)NNC(Sc2ccc(C(F)(F)F)cc2[N+](=O)[O-])=Nc2cc(Cl)c(Cl)cc21. The fourth-order valence-electron chi connectivity index (χ4n) is 3.05. The van der Waals surface area contributed by atoms with Gasteiger partial charge >= 0.3 is 6.18 Å². The zero-order valence-corrected chi connectivity index (χ0v) is 18.8.